The van der Waals surface area contributed by atoms with Gasteiger partial charge in [0, 0.05) is 12.7 Å². The van der Waals surface area contributed by atoms with Crippen molar-refractivity contribution >= 4 is 5.91 Å². The molecule has 0 bridgehead atoms. The maximum Gasteiger partial charge on any atom is 0.388 e. The predicted octanol–water partition coefficient (Wildman–Crippen LogP) is 0.794. The quantitative estimate of drug-likeness (QED) is 0.805. The van der Waals surface area contributed by atoms with Crippen LogP contribution in [0.25, 0.3) is 0 Å². The van der Waals surface area contributed by atoms with E-state index in [9.17, 15) is 13.6 Å². The molecule has 5 nitrogen and oxygen atoms in total. The van der Waals surface area contributed by atoms with Gasteiger partial charge >= 0.3 is 6.61 Å². The van der Waals surface area contributed by atoms with Crippen molar-refractivity contribution in [1.82, 2.24) is 10.3 Å². The van der Waals surface area contributed by atoms with E-state index in [0.29, 0.717) is 0 Å². The Bertz CT molecular complexity index is 386. The number of halogens is 2. The highest BCUT2D eigenvalue weighted by molar-refractivity contribution is 5.96. The predicted molar refractivity (Wildman–Crippen MR) is 54.9 cm³/mol. The van der Waals surface area contributed by atoms with Crippen LogP contribution in [0.15, 0.2) is 18.3 Å². The van der Waals surface area contributed by atoms with Crippen LogP contribution in [0.3, 0.4) is 0 Å². The van der Waals surface area contributed by atoms with Gasteiger partial charge in [-0.25, -0.2) is 4.98 Å². The van der Waals surface area contributed by atoms with Crippen LogP contribution in [0.4, 0.5) is 8.78 Å². The summed E-state index contributed by atoms with van der Waals surface area (Å²) in [5.41, 5.74) is -0.103. The van der Waals surface area contributed by atoms with Crippen molar-refractivity contribution in [2.45, 2.75) is 19.6 Å². The summed E-state index contributed by atoms with van der Waals surface area (Å²) in [5.74, 6) is -1.07. The van der Waals surface area contributed by atoms with Crippen LogP contribution >= 0.6 is 0 Å². The van der Waals surface area contributed by atoms with E-state index in [0.717, 1.165) is 0 Å². The highest BCUT2D eigenvalue weighted by Crippen LogP contribution is 2.16. The molecule has 0 fully saturated rings. The number of pyridine rings is 1. The summed E-state index contributed by atoms with van der Waals surface area (Å²) in [7, 11) is 0. The molecule has 94 valence electrons. The van der Waals surface area contributed by atoms with Gasteiger partial charge in [0.25, 0.3) is 5.91 Å². The van der Waals surface area contributed by atoms with Crippen molar-refractivity contribution in [3.63, 3.8) is 0 Å². The second-order valence-electron chi connectivity index (χ2n) is 3.29. The number of nitrogens with zero attached hydrogens (tertiary/aromatic N) is 1. The fourth-order valence-corrected chi connectivity index (χ4v) is 1.08. The molecule has 0 saturated carbocycles. The topological polar surface area (TPSA) is 71.5 Å². The van der Waals surface area contributed by atoms with E-state index in [4.69, 9.17) is 5.11 Å². The third-order valence-corrected chi connectivity index (χ3v) is 1.77. The van der Waals surface area contributed by atoms with E-state index >= 15 is 0 Å². The minimum atomic E-state index is -3.05. The summed E-state index contributed by atoms with van der Waals surface area (Å²) in [5, 5.41) is 11.3. The van der Waals surface area contributed by atoms with Crippen LogP contribution < -0.4 is 10.1 Å². The highest BCUT2D eigenvalue weighted by Gasteiger charge is 2.16. The second-order valence-corrected chi connectivity index (χ2v) is 3.29. The third kappa shape index (κ3) is 4.31. The van der Waals surface area contributed by atoms with E-state index < -0.39 is 24.5 Å². The van der Waals surface area contributed by atoms with Gasteiger partial charge in [0.15, 0.2) is 0 Å². The van der Waals surface area contributed by atoms with Gasteiger partial charge in [0.05, 0.1) is 6.10 Å². The molecular weight excluding hydrogens is 234 g/mol. The van der Waals surface area contributed by atoms with Crippen LogP contribution in [0, 0.1) is 0 Å². The highest BCUT2D eigenvalue weighted by atomic mass is 19.3. The zero-order valence-electron chi connectivity index (χ0n) is 9.06. The van der Waals surface area contributed by atoms with E-state index in [1.165, 1.54) is 25.3 Å². The van der Waals surface area contributed by atoms with Crippen LogP contribution in [-0.2, 0) is 0 Å². The monoisotopic (exact) mass is 246 g/mol. The van der Waals surface area contributed by atoms with Crippen LogP contribution in [0.2, 0.25) is 0 Å². The normalized spacial score (nSPS) is 12.3. The van der Waals surface area contributed by atoms with Crippen molar-refractivity contribution in [1.29, 1.82) is 0 Å². The fourth-order valence-electron chi connectivity index (χ4n) is 1.08. The molecule has 0 aliphatic carbocycles. The first-order valence-electron chi connectivity index (χ1n) is 4.86. The Labute approximate surface area is 96.4 Å². The van der Waals surface area contributed by atoms with E-state index in [1.54, 1.807) is 0 Å². The molecular formula is C10H12F2N2O3. The minimum absolute atomic E-state index is 0.0157. The molecule has 0 unspecified atom stereocenters. The van der Waals surface area contributed by atoms with Crippen molar-refractivity contribution in [3.8, 4) is 5.88 Å². The number of amides is 1. The van der Waals surface area contributed by atoms with Gasteiger partial charge in [0.2, 0.25) is 5.88 Å². The summed E-state index contributed by atoms with van der Waals surface area (Å²) in [6.45, 7) is -1.55. The standard InChI is InChI=1S/C10H12F2N2O3/c1-6(15)5-14-8(16)7-3-2-4-13-9(7)17-10(11)12/h2-4,6,10,15H,5H2,1H3,(H,14,16)/t6-/m1/s1. The summed E-state index contributed by atoms with van der Waals surface area (Å²) in [6.07, 6.45) is 0.512. The van der Waals surface area contributed by atoms with Gasteiger partial charge in [-0.3, -0.25) is 4.79 Å². The first-order chi connectivity index (χ1) is 8.00. The van der Waals surface area contributed by atoms with E-state index in [1.807, 2.05) is 0 Å². The number of carbonyl (C=O) groups excluding carboxylic acids is 1. The van der Waals surface area contributed by atoms with Gasteiger partial charge < -0.3 is 15.2 Å². The van der Waals surface area contributed by atoms with Gasteiger partial charge in [-0.1, -0.05) is 0 Å². The van der Waals surface area contributed by atoms with Crippen molar-refractivity contribution in [3.05, 3.63) is 23.9 Å². The van der Waals surface area contributed by atoms with Gasteiger partial charge in [-0.2, -0.15) is 8.78 Å². The smallest absolute Gasteiger partial charge is 0.388 e. The molecule has 1 aromatic heterocycles. The summed E-state index contributed by atoms with van der Waals surface area (Å²) < 4.78 is 28.2. The fraction of sp³-hybridized carbons (Fsp3) is 0.400. The average molecular weight is 246 g/mol. The number of rotatable bonds is 5. The molecule has 7 heteroatoms. The number of ether oxygens (including phenoxy) is 1. The number of hydrogen-bond acceptors (Lipinski definition) is 4. The van der Waals surface area contributed by atoms with Crippen LogP contribution in [0.1, 0.15) is 17.3 Å². The molecule has 0 aromatic carbocycles. The number of nitrogens with one attached hydrogen (secondary N) is 1. The van der Waals surface area contributed by atoms with Crippen molar-refractivity contribution < 1.29 is 23.4 Å². The molecule has 0 spiro atoms. The molecule has 2 N–H and O–H groups in total. The molecule has 1 atom stereocenters. The number of aliphatic hydroxyl groups excluding tert-OH is 1. The molecule has 0 radical (unpaired) electrons. The van der Waals surface area contributed by atoms with Gasteiger partial charge in [0.1, 0.15) is 5.56 Å². The zero-order chi connectivity index (χ0) is 12.8. The number of aliphatic hydroxyl groups is 1. The largest absolute Gasteiger partial charge is 0.416 e. The number of alkyl halides is 2. The number of carbonyl (C=O) groups is 1. The van der Waals surface area contributed by atoms with Crippen molar-refractivity contribution in [2.75, 3.05) is 6.54 Å². The lowest BCUT2D eigenvalue weighted by atomic mass is 10.2. The minimum Gasteiger partial charge on any atom is -0.416 e. The maximum absolute atomic E-state index is 12.0. The van der Waals surface area contributed by atoms with Gasteiger partial charge in [-0.05, 0) is 19.1 Å². The van der Waals surface area contributed by atoms with Crippen LogP contribution in [0.5, 0.6) is 5.88 Å². The van der Waals surface area contributed by atoms with E-state index in [-0.39, 0.29) is 12.1 Å². The lowest BCUT2D eigenvalue weighted by molar-refractivity contribution is -0.0532. The molecule has 1 heterocycles. The molecule has 1 aromatic rings. The van der Waals surface area contributed by atoms with Crippen LogP contribution in [-0.4, -0.2) is 35.3 Å². The average Bonchev–Trinajstić information content (AvgIpc) is 2.25. The first-order valence-corrected chi connectivity index (χ1v) is 4.86. The lowest BCUT2D eigenvalue weighted by Crippen LogP contribution is -2.31. The Balaban J connectivity index is 2.78. The molecule has 0 aliphatic rings. The Morgan fingerprint density at radius 3 is 2.94 bits per heavy atom. The molecule has 0 saturated heterocycles. The molecule has 17 heavy (non-hydrogen) atoms. The molecule has 0 aliphatic heterocycles. The van der Waals surface area contributed by atoms with Crippen molar-refractivity contribution in [2.24, 2.45) is 0 Å². The Morgan fingerprint density at radius 1 is 1.65 bits per heavy atom. The maximum atomic E-state index is 12.0. The van der Waals surface area contributed by atoms with Gasteiger partial charge in [-0.15, -0.1) is 0 Å². The SMILES string of the molecule is C[C@@H](O)CNC(=O)c1cccnc1OC(F)F. The molecule has 1 rings (SSSR count). The number of aromatic nitrogens is 1. The Kier molecular flexibility index (Phi) is 4.77. The summed E-state index contributed by atoms with van der Waals surface area (Å²) >= 11 is 0. The zero-order valence-corrected chi connectivity index (χ0v) is 9.06. The van der Waals surface area contributed by atoms with E-state index in [2.05, 4.69) is 15.0 Å². The second kappa shape index (κ2) is 6.09. The lowest BCUT2D eigenvalue weighted by Gasteiger charge is -2.10. The first kappa shape index (κ1) is 13.3. The summed E-state index contributed by atoms with van der Waals surface area (Å²) in [6, 6.07) is 2.73. The Hall–Kier alpha value is -1.76. The molecule has 1 amide bonds. The Morgan fingerprint density at radius 2 is 2.35 bits per heavy atom. The third-order valence-electron chi connectivity index (χ3n) is 1.77. The number of hydrogen-bond donors (Lipinski definition) is 2. The summed E-state index contributed by atoms with van der Waals surface area (Å²) in [4.78, 5) is 15.1.